The summed E-state index contributed by atoms with van der Waals surface area (Å²) in [6.45, 7) is 3.09. The summed E-state index contributed by atoms with van der Waals surface area (Å²) in [6.07, 6.45) is -3.96. The minimum Gasteiger partial charge on any atom is -0.359 e. The molecule has 0 saturated carbocycles. The Morgan fingerprint density at radius 1 is 1.23 bits per heavy atom. The number of alkyl halides is 3. The number of nitrogens with zero attached hydrogens (tertiary/aromatic N) is 3. The molecule has 0 saturated heterocycles. The summed E-state index contributed by atoms with van der Waals surface area (Å²) in [7, 11) is -2.80. The van der Waals surface area contributed by atoms with Gasteiger partial charge in [-0.25, -0.2) is 8.42 Å². The Morgan fingerprint density at radius 2 is 1.86 bits per heavy atom. The van der Waals surface area contributed by atoms with Crippen molar-refractivity contribution in [1.82, 2.24) is 10.1 Å². The van der Waals surface area contributed by atoms with Crippen LogP contribution in [-0.2, 0) is 16.2 Å². The van der Waals surface area contributed by atoms with Gasteiger partial charge in [0.25, 0.3) is 10.0 Å². The molecule has 0 spiro atoms. The van der Waals surface area contributed by atoms with Gasteiger partial charge in [-0.1, -0.05) is 5.16 Å². The van der Waals surface area contributed by atoms with E-state index in [1.807, 2.05) is 0 Å². The summed E-state index contributed by atoms with van der Waals surface area (Å²) >= 11 is 0. The van der Waals surface area contributed by atoms with Crippen LogP contribution in [0.3, 0.4) is 0 Å². The molecule has 120 valence electrons. The van der Waals surface area contributed by atoms with Gasteiger partial charge in [0.2, 0.25) is 0 Å². The lowest BCUT2D eigenvalue weighted by Crippen LogP contribution is -2.27. The first-order valence-electron chi connectivity index (χ1n) is 6.00. The van der Waals surface area contributed by atoms with Gasteiger partial charge in [-0.15, -0.1) is 0 Å². The lowest BCUT2D eigenvalue weighted by molar-refractivity contribution is -0.141. The molecule has 2 rings (SSSR count). The largest absolute Gasteiger partial charge is 0.433 e. The number of halogens is 3. The summed E-state index contributed by atoms with van der Waals surface area (Å²) < 4.78 is 68.0. The normalized spacial score (nSPS) is 12.5. The summed E-state index contributed by atoms with van der Waals surface area (Å²) in [5.74, 6) is 0.281. The van der Waals surface area contributed by atoms with Crippen LogP contribution in [0.2, 0.25) is 0 Å². The lowest BCUT2D eigenvalue weighted by Gasteiger charge is -2.18. The first-order valence-corrected chi connectivity index (χ1v) is 7.44. The van der Waals surface area contributed by atoms with E-state index < -0.39 is 21.9 Å². The van der Waals surface area contributed by atoms with Gasteiger partial charge >= 0.3 is 6.18 Å². The number of anilines is 1. The Balaban J connectivity index is 2.43. The van der Waals surface area contributed by atoms with Crippen LogP contribution in [0.1, 0.15) is 17.1 Å². The highest BCUT2D eigenvalue weighted by molar-refractivity contribution is 7.92. The van der Waals surface area contributed by atoms with Crippen molar-refractivity contribution in [3.8, 4) is 0 Å². The molecule has 22 heavy (non-hydrogen) atoms. The predicted molar refractivity (Wildman–Crippen MR) is 70.8 cm³/mol. The van der Waals surface area contributed by atoms with Gasteiger partial charge in [-0.2, -0.15) is 13.2 Å². The predicted octanol–water partition coefficient (Wildman–Crippen LogP) is 2.53. The van der Waals surface area contributed by atoms with Crippen LogP contribution < -0.4 is 4.31 Å². The minimum absolute atomic E-state index is 0.236. The molecule has 2 heterocycles. The van der Waals surface area contributed by atoms with E-state index in [1.54, 1.807) is 6.92 Å². The lowest BCUT2D eigenvalue weighted by atomic mass is 10.3. The van der Waals surface area contributed by atoms with E-state index >= 15 is 0 Å². The van der Waals surface area contributed by atoms with Gasteiger partial charge in [0.15, 0.2) is 5.76 Å². The topological polar surface area (TPSA) is 76.3 Å². The van der Waals surface area contributed by atoms with Gasteiger partial charge in [0.1, 0.15) is 22.0 Å². The first-order chi connectivity index (χ1) is 10.0. The maximum absolute atomic E-state index is 12.5. The zero-order valence-electron chi connectivity index (χ0n) is 11.8. The van der Waals surface area contributed by atoms with Crippen molar-refractivity contribution in [2.24, 2.45) is 0 Å². The fraction of sp³-hybridized carbons (Fsp3) is 0.333. The third-order valence-electron chi connectivity index (χ3n) is 3.00. The second-order valence-electron chi connectivity index (χ2n) is 4.52. The summed E-state index contributed by atoms with van der Waals surface area (Å²) in [6, 6.07) is 1.48. The highest BCUT2D eigenvalue weighted by Crippen LogP contribution is 2.30. The Hall–Kier alpha value is -2.10. The molecule has 6 nitrogen and oxygen atoms in total. The third kappa shape index (κ3) is 2.78. The smallest absolute Gasteiger partial charge is 0.359 e. The summed E-state index contributed by atoms with van der Waals surface area (Å²) in [5.41, 5.74) is -0.574. The Morgan fingerprint density at radius 3 is 2.27 bits per heavy atom. The summed E-state index contributed by atoms with van der Waals surface area (Å²) in [4.78, 5) is 2.80. The van der Waals surface area contributed by atoms with Crippen LogP contribution in [0, 0.1) is 13.8 Å². The van der Waals surface area contributed by atoms with Crippen LogP contribution in [-0.4, -0.2) is 25.6 Å². The van der Waals surface area contributed by atoms with Crippen molar-refractivity contribution < 1.29 is 26.1 Å². The molecule has 2 aromatic heterocycles. The first kappa shape index (κ1) is 16.3. The van der Waals surface area contributed by atoms with E-state index in [0.29, 0.717) is 18.0 Å². The number of rotatable bonds is 3. The molecule has 0 aliphatic carbocycles. The quantitative estimate of drug-likeness (QED) is 0.861. The molecule has 0 unspecified atom stereocenters. The van der Waals surface area contributed by atoms with Crippen molar-refractivity contribution >= 4 is 15.7 Å². The average molecular weight is 335 g/mol. The van der Waals surface area contributed by atoms with Crippen LogP contribution in [0.15, 0.2) is 27.7 Å². The van der Waals surface area contributed by atoms with Crippen LogP contribution in [0.25, 0.3) is 0 Å². The van der Waals surface area contributed by atoms with Crippen LogP contribution in [0.4, 0.5) is 18.9 Å². The van der Waals surface area contributed by atoms with E-state index in [2.05, 4.69) is 10.1 Å². The number of aromatic nitrogens is 2. The molecule has 0 N–H and O–H groups in total. The summed E-state index contributed by atoms with van der Waals surface area (Å²) in [5, 5.41) is 3.65. The van der Waals surface area contributed by atoms with Gasteiger partial charge in [0.05, 0.1) is 0 Å². The van der Waals surface area contributed by atoms with Gasteiger partial charge in [-0.3, -0.25) is 9.29 Å². The highest BCUT2D eigenvalue weighted by atomic mass is 32.2. The second-order valence-corrected chi connectivity index (χ2v) is 6.49. The maximum Gasteiger partial charge on any atom is 0.433 e. The molecule has 0 amide bonds. The van der Waals surface area contributed by atoms with E-state index in [0.717, 1.165) is 10.4 Å². The molecule has 0 aliphatic heterocycles. The number of hydrogen-bond acceptors (Lipinski definition) is 5. The van der Waals surface area contributed by atoms with E-state index in [1.165, 1.54) is 14.0 Å². The third-order valence-corrected chi connectivity index (χ3v) is 4.74. The average Bonchev–Trinajstić information content (AvgIpc) is 2.76. The molecular weight excluding hydrogens is 323 g/mol. The number of aryl methyl sites for hydroxylation is 2. The molecule has 0 radical (unpaired) electrons. The SMILES string of the molecule is Cc1noc(C)c1N(C)S(=O)(=O)c1ccc(C(F)(F)F)nc1. The molecular formula is C12H12F3N3O3S. The molecule has 0 aromatic carbocycles. The van der Waals surface area contributed by atoms with Gasteiger partial charge in [-0.05, 0) is 26.0 Å². The highest BCUT2D eigenvalue weighted by Gasteiger charge is 2.33. The maximum atomic E-state index is 12.5. The molecule has 0 bridgehead atoms. The molecule has 0 atom stereocenters. The molecule has 10 heteroatoms. The van der Waals surface area contributed by atoms with E-state index in [-0.39, 0.29) is 16.3 Å². The van der Waals surface area contributed by atoms with E-state index in [4.69, 9.17) is 4.52 Å². The van der Waals surface area contributed by atoms with Crippen molar-refractivity contribution in [3.63, 3.8) is 0 Å². The van der Waals surface area contributed by atoms with Gasteiger partial charge in [0, 0.05) is 13.2 Å². The zero-order chi connectivity index (χ0) is 16.7. The van der Waals surface area contributed by atoms with Crippen molar-refractivity contribution in [3.05, 3.63) is 35.5 Å². The number of sulfonamides is 1. The zero-order valence-corrected chi connectivity index (χ0v) is 12.7. The number of hydrogen-bond donors (Lipinski definition) is 0. The molecule has 0 fully saturated rings. The van der Waals surface area contributed by atoms with Crippen molar-refractivity contribution in [1.29, 1.82) is 0 Å². The fourth-order valence-electron chi connectivity index (χ4n) is 1.91. The fourth-order valence-corrected chi connectivity index (χ4v) is 3.15. The van der Waals surface area contributed by atoms with Crippen molar-refractivity contribution in [2.75, 3.05) is 11.4 Å². The minimum atomic E-state index is -4.63. The van der Waals surface area contributed by atoms with Gasteiger partial charge < -0.3 is 4.52 Å². The van der Waals surface area contributed by atoms with Crippen LogP contribution >= 0.6 is 0 Å². The second kappa shape index (κ2) is 5.27. The van der Waals surface area contributed by atoms with E-state index in [9.17, 15) is 21.6 Å². The van der Waals surface area contributed by atoms with Crippen molar-refractivity contribution in [2.45, 2.75) is 24.9 Å². The number of pyridine rings is 1. The molecule has 2 aromatic rings. The Labute approximate surface area is 124 Å². The monoisotopic (exact) mass is 335 g/mol. The standard InChI is InChI=1S/C12H12F3N3O3S/c1-7-11(8(2)21-17-7)18(3)22(19,20)9-4-5-10(16-6-9)12(13,14)15/h4-6H,1-3H3. The Bertz CT molecular complexity index is 763. The Kier molecular flexibility index (Phi) is 3.90. The van der Waals surface area contributed by atoms with Crippen LogP contribution in [0.5, 0.6) is 0 Å². The molecule has 0 aliphatic rings.